The summed E-state index contributed by atoms with van der Waals surface area (Å²) in [6.45, 7) is 2.44. The van der Waals surface area contributed by atoms with Crippen LogP contribution in [0.25, 0.3) is 0 Å². The van der Waals surface area contributed by atoms with Crippen molar-refractivity contribution in [3.05, 3.63) is 23.5 Å². The minimum atomic E-state index is -0.840. The van der Waals surface area contributed by atoms with Gasteiger partial charge in [0.25, 0.3) is 0 Å². The number of nitrogens with zero attached hydrogens (tertiary/aromatic N) is 1. The molecule has 1 aliphatic rings. The number of aromatic carboxylic acids is 1. The van der Waals surface area contributed by atoms with Crippen molar-refractivity contribution in [1.82, 2.24) is 9.88 Å². The monoisotopic (exact) mass is 166 g/mol. The van der Waals surface area contributed by atoms with Gasteiger partial charge in [-0.05, 0) is 6.07 Å². The lowest BCUT2D eigenvalue weighted by atomic mass is 10.2. The van der Waals surface area contributed by atoms with Crippen molar-refractivity contribution in [3.8, 4) is 0 Å². The van der Waals surface area contributed by atoms with Gasteiger partial charge in [0.15, 0.2) is 0 Å². The fraction of sp³-hybridized carbons (Fsp3) is 0.375. The molecule has 0 aromatic carbocycles. The Balaban J connectivity index is 2.44. The molecule has 1 aromatic rings. The molecule has 0 saturated carbocycles. The minimum absolute atomic E-state index is 0.419. The molecule has 0 atom stereocenters. The van der Waals surface area contributed by atoms with Crippen molar-refractivity contribution < 1.29 is 9.90 Å². The van der Waals surface area contributed by atoms with E-state index in [1.807, 2.05) is 10.8 Å². The molecular formula is C8H10N2O2. The third kappa shape index (κ3) is 1.00. The zero-order valence-electron chi connectivity index (χ0n) is 6.58. The summed E-state index contributed by atoms with van der Waals surface area (Å²) in [5, 5.41) is 11.9. The Labute approximate surface area is 69.8 Å². The molecule has 1 aromatic heterocycles. The topological polar surface area (TPSA) is 54.3 Å². The van der Waals surface area contributed by atoms with E-state index in [1.165, 1.54) is 0 Å². The molecule has 2 heterocycles. The molecule has 0 amide bonds. The molecule has 4 nitrogen and oxygen atoms in total. The number of aromatic nitrogens is 1. The smallest absolute Gasteiger partial charge is 0.337 e. The van der Waals surface area contributed by atoms with Crippen LogP contribution in [0.2, 0.25) is 0 Å². The van der Waals surface area contributed by atoms with Crippen LogP contribution in [0.4, 0.5) is 0 Å². The molecule has 2 N–H and O–H groups in total. The molecule has 4 heteroatoms. The maximum Gasteiger partial charge on any atom is 0.337 e. The summed E-state index contributed by atoms with van der Waals surface area (Å²) >= 11 is 0. The van der Waals surface area contributed by atoms with Crippen LogP contribution >= 0.6 is 0 Å². The number of hydrogen-bond acceptors (Lipinski definition) is 2. The molecule has 12 heavy (non-hydrogen) atoms. The van der Waals surface area contributed by atoms with E-state index in [0.717, 1.165) is 18.8 Å². The van der Waals surface area contributed by atoms with Gasteiger partial charge in [-0.25, -0.2) is 4.79 Å². The molecule has 0 aliphatic carbocycles. The number of carboxylic acid groups (broad SMARTS) is 1. The van der Waals surface area contributed by atoms with Gasteiger partial charge in [0.2, 0.25) is 0 Å². The number of carboxylic acids is 1. The predicted molar refractivity (Wildman–Crippen MR) is 43.1 cm³/mol. The average molecular weight is 166 g/mol. The normalized spacial score (nSPS) is 15.7. The van der Waals surface area contributed by atoms with Crippen LogP contribution in [0.1, 0.15) is 16.1 Å². The van der Waals surface area contributed by atoms with E-state index >= 15 is 0 Å². The quantitative estimate of drug-likeness (QED) is 0.630. The van der Waals surface area contributed by atoms with Crippen molar-refractivity contribution >= 4 is 5.97 Å². The molecule has 64 valence electrons. The fourth-order valence-corrected chi connectivity index (χ4v) is 1.51. The summed E-state index contributed by atoms with van der Waals surface area (Å²) in [7, 11) is 0. The highest BCUT2D eigenvalue weighted by molar-refractivity contribution is 5.89. The van der Waals surface area contributed by atoms with E-state index in [1.54, 1.807) is 6.07 Å². The Hall–Kier alpha value is -1.29. The highest BCUT2D eigenvalue weighted by Gasteiger charge is 2.16. The lowest BCUT2D eigenvalue weighted by Gasteiger charge is -2.16. The van der Waals surface area contributed by atoms with Gasteiger partial charge in [-0.3, -0.25) is 0 Å². The largest absolute Gasteiger partial charge is 0.478 e. The van der Waals surface area contributed by atoms with Gasteiger partial charge in [0.05, 0.1) is 5.56 Å². The minimum Gasteiger partial charge on any atom is -0.478 e. The second-order valence-electron chi connectivity index (χ2n) is 2.85. The Morgan fingerprint density at radius 1 is 1.67 bits per heavy atom. The van der Waals surface area contributed by atoms with Crippen molar-refractivity contribution in [2.45, 2.75) is 13.1 Å². The number of nitrogens with one attached hydrogen (secondary N) is 1. The van der Waals surface area contributed by atoms with Crippen LogP contribution in [-0.4, -0.2) is 22.2 Å². The van der Waals surface area contributed by atoms with E-state index in [2.05, 4.69) is 5.32 Å². The molecule has 0 bridgehead atoms. The average Bonchev–Trinajstić information content (AvgIpc) is 2.47. The van der Waals surface area contributed by atoms with Crippen LogP contribution < -0.4 is 5.32 Å². The van der Waals surface area contributed by atoms with Crippen LogP contribution in [0.3, 0.4) is 0 Å². The van der Waals surface area contributed by atoms with Gasteiger partial charge >= 0.3 is 5.97 Å². The molecule has 0 fully saturated rings. The number of fused-ring (bicyclic) bond motifs is 1. The maximum absolute atomic E-state index is 10.7. The Bertz CT molecular complexity index is 317. The SMILES string of the molecule is O=C(O)c1ccn2c1CNCC2. The van der Waals surface area contributed by atoms with Crippen molar-refractivity contribution in [2.24, 2.45) is 0 Å². The zero-order valence-corrected chi connectivity index (χ0v) is 6.58. The van der Waals surface area contributed by atoms with Gasteiger partial charge < -0.3 is 15.0 Å². The van der Waals surface area contributed by atoms with Gasteiger partial charge in [-0.1, -0.05) is 0 Å². The summed E-state index contributed by atoms with van der Waals surface area (Å²) in [6.07, 6.45) is 1.83. The predicted octanol–water partition coefficient (Wildman–Crippen LogP) is 0.289. The van der Waals surface area contributed by atoms with Crippen LogP contribution in [0, 0.1) is 0 Å². The Kier molecular flexibility index (Phi) is 1.62. The first-order chi connectivity index (χ1) is 5.79. The first-order valence-electron chi connectivity index (χ1n) is 3.91. The van der Waals surface area contributed by atoms with Crippen LogP contribution in [0.5, 0.6) is 0 Å². The Morgan fingerprint density at radius 3 is 3.25 bits per heavy atom. The standard InChI is InChI=1S/C8H10N2O2/c11-8(12)6-1-3-10-4-2-9-5-7(6)10/h1,3,9H,2,4-5H2,(H,11,12). The molecule has 0 unspecified atom stereocenters. The van der Waals surface area contributed by atoms with E-state index in [4.69, 9.17) is 5.11 Å². The van der Waals surface area contributed by atoms with E-state index in [-0.39, 0.29) is 0 Å². The fourth-order valence-electron chi connectivity index (χ4n) is 1.51. The van der Waals surface area contributed by atoms with Gasteiger partial charge in [0.1, 0.15) is 0 Å². The van der Waals surface area contributed by atoms with Crippen molar-refractivity contribution in [1.29, 1.82) is 0 Å². The first-order valence-corrected chi connectivity index (χ1v) is 3.91. The second kappa shape index (κ2) is 2.64. The third-order valence-corrected chi connectivity index (χ3v) is 2.13. The summed E-state index contributed by atoms with van der Waals surface area (Å²) in [4.78, 5) is 10.7. The molecule has 0 saturated heterocycles. The van der Waals surface area contributed by atoms with E-state index in [0.29, 0.717) is 12.1 Å². The molecule has 1 aliphatic heterocycles. The van der Waals surface area contributed by atoms with Crippen molar-refractivity contribution in [3.63, 3.8) is 0 Å². The molecule has 0 spiro atoms. The maximum atomic E-state index is 10.7. The highest BCUT2D eigenvalue weighted by Crippen LogP contribution is 2.13. The van der Waals surface area contributed by atoms with E-state index < -0.39 is 5.97 Å². The van der Waals surface area contributed by atoms with Crippen LogP contribution in [-0.2, 0) is 13.1 Å². The third-order valence-electron chi connectivity index (χ3n) is 2.13. The summed E-state index contributed by atoms with van der Waals surface area (Å²) in [5.41, 5.74) is 1.30. The van der Waals surface area contributed by atoms with Crippen LogP contribution in [0.15, 0.2) is 12.3 Å². The zero-order chi connectivity index (χ0) is 8.55. The summed E-state index contributed by atoms with van der Waals surface area (Å²) in [5.74, 6) is -0.840. The molecule has 2 rings (SSSR count). The number of hydrogen-bond donors (Lipinski definition) is 2. The van der Waals surface area contributed by atoms with Gasteiger partial charge in [0, 0.05) is 31.5 Å². The molecule has 0 radical (unpaired) electrons. The van der Waals surface area contributed by atoms with E-state index in [9.17, 15) is 4.79 Å². The lowest BCUT2D eigenvalue weighted by Crippen LogP contribution is -2.28. The van der Waals surface area contributed by atoms with Crippen molar-refractivity contribution in [2.75, 3.05) is 6.54 Å². The number of carbonyl (C=O) groups is 1. The highest BCUT2D eigenvalue weighted by atomic mass is 16.4. The summed E-state index contributed by atoms with van der Waals surface area (Å²) in [6, 6.07) is 1.66. The lowest BCUT2D eigenvalue weighted by molar-refractivity contribution is 0.0695. The second-order valence-corrected chi connectivity index (χ2v) is 2.85. The number of rotatable bonds is 1. The first kappa shape index (κ1) is 7.36. The van der Waals surface area contributed by atoms with Gasteiger partial charge in [-0.2, -0.15) is 0 Å². The Morgan fingerprint density at radius 2 is 2.50 bits per heavy atom. The van der Waals surface area contributed by atoms with Gasteiger partial charge in [-0.15, -0.1) is 0 Å². The summed E-state index contributed by atoms with van der Waals surface area (Å²) < 4.78 is 1.99. The molecular weight excluding hydrogens is 156 g/mol.